The van der Waals surface area contributed by atoms with Gasteiger partial charge in [0.15, 0.2) is 5.82 Å². The molecule has 0 aromatic carbocycles. The lowest BCUT2D eigenvalue weighted by atomic mass is 10.4. The van der Waals surface area contributed by atoms with Gasteiger partial charge >= 0.3 is 0 Å². The van der Waals surface area contributed by atoms with Gasteiger partial charge in [-0.15, -0.1) is 0 Å². The van der Waals surface area contributed by atoms with E-state index < -0.39 is 0 Å². The minimum absolute atomic E-state index is 0.411. The molecule has 2 rings (SSSR count). The van der Waals surface area contributed by atoms with Gasteiger partial charge in [-0.1, -0.05) is 11.6 Å². The van der Waals surface area contributed by atoms with Gasteiger partial charge < -0.3 is 10.5 Å². The number of nitrogens with two attached hydrogens (primary N) is 1. The van der Waals surface area contributed by atoms with E-state index in [4.69, 9.17) is 22.1 Å². The summed E-state index contributed by atoms with van der Waals surface area (Å²) in [5.74, 6) is 1.03. The Morgan fingerprint density at radius 1 is 1.47 bits per heavy atom. The van der Waals surface area contributed by atoms with Crippen LogP contribution in [0.3, 0.4) is 0 Å². The molecule has 5 nitrogen and oxygen atoms in total. The molecule has 0 aliphatic rings. The molecule has 0 saturated heterocycles. The SMILES string of the molecule is CCOc1nc(-n2cc(Cl)c(C)n2)ccc1N. The van der Waals surface area contributed by atoms with Crippen LogP contribution in [0.1, 0.15) is 12.6 Å². The Kier molecular flexibility index (Phi) is 3.19. The predicted molar refractivity (Wildman–Crippen MR) is 66.7 cm³/mol. The third kappa shape index (κ3) is 2.34. The molecule has 0 aliphatic carbocycles. The molecule has 0 bridgehead atoms. The molecule has 2 aromatic heterocycles. The number of halogens is 1. The number of anilines is 1. The Bertz CT molecular complexity index is 519. The van der Waals surface area contributed by atoms with E-state index in [-0.39, 0.29) is 0 Å². The van der Waals surface area contributed by atoms with Crippen molar-refractivity contribution in [3.8, 4) is 11.7 Å². The van der Waals surface area contributed by atoms with Crippen molar-refractivity contribution in [2.45, 2.75) is 13.8 Å². The van der Waals surface area contributed by atoms with Crippen LogP contribution in [0.4, 0.5) is 5.69 Å². The molecule has 0 amide bonds. The minimum Gasteiger partial charge on any atom is -0.476 e. The largest absolute Gasteiger partial charge is 0.476 e. The highest BCUT2D eigenvalue weighted by Gasteiger charge is 2.08. The van der Waals surface area contributed by atoms with Crippen LogP contribution in [0.5, 0.6) is 5.88 Å². The van der Waals surface area contributed by atoms with Crippen LogP contribution in [-0.2, 0) is 0 Å². The highest BCUT2D eigenvalue weighted by atomic mass is 35.5. The quantitative estimate of drug-likeness (QED) is 0.910. The topological polar surface area (TPSA) is 66.0 Å². The number of hydrogen-bond acceptors (Lipinski definition) is 4. The lowest BCUT2D eigenvalue weighted by Gasteiger charge is -2.07. The van der Waals surface area contributed by atoms with Crippen LogP contribution in [0.15, 0.2) is 18.3 Å². The Morgan fingerprint density at radius 2 is 2.24 bits per heavy atom. The normalized spacial score (nSPS) is 10.5. The molecule has 0 saturated carbocycles. The van der Waals surface area contributed by atoms with E-state index in [1.165, 1.54) is 0 Å². The number of rotatable bonds is 3. The zero-order chi connectivity index (χ0) is 12.4. The second kappa shape index (κ2) is 4.63. The van der Waals surface area contributed by atoms with Crippen LogP contribution in [-0.4, -0.2) is 21.4 Å². The number of hydrogen-bond donors (Lipinski definition) is 1. The van der Waals surface area contributed by atoms with Crippen LogP contribution in [0.25, 0.3) is 5.82 Å². The molecule has 0 spiro atoms. The maximum atomic E-state index is 5.94. The maximum absolute atomic E-state index is 5.94. The highest BCUT2D eigenvalue weighted by Crippen LogP contribution is 2.21. The first-order chi connectivity index (χ1) is 8.11. The lowest BCUT2D eigenvalue weighted by molar-refractivity contribution is 0.328. The van der Waals surface area contributed by atoms with Crippen LogP contribution >= 0.6 is 11.6 Å². The first-order valence-electron chi connectivity index (χ1n) is 5.23. The molecule has 0 atom stereocenters. The third-order valence-electron chi connectivity index (χ3n) is 2.23. The van der Waals surface area contributed by atoms with E-state index in [2.05, 4.69) is 10.1 Å². The predicted octanol–water partition coefficient (Wildman–Crippen LogP) is 2.21. The smallest absolute Gasteiger partial charge is 0.239 e. The van der Waals surface area contributed by atoms with Crippen molar-refractivity contribution in [1.82, 2.24) is 14.8 Å². The fourth-order valence-electron chi connectivity index (χ4n) is 1.38. The summed E-state index contributed by atoms with van der Waals surface area (Å²) in [7, 11) is 0. The number of aryl methyl sites for hydroxylation is 1. The zero-order valence-corrected chi connectivity index (χ0v) is 10.4. The van der Waals surface area contributed by atoms with Crippen molar-refractivity contribution in [2.75, 3.05) is 12.3 Å². The average Bonchev–Trinajstić information content (AvgIpc) is 2.63. The third-order valence-corrected chi connectivity index (χ3v) is 2.60. The van der Waals surface area contributed by atoms with Gasteiger partial charge in [-0.25, -0.2) is 4.68 Å². The van der Waals surface area contributed by atoms with Gasteiger partial charge in [0, 0.05) is 0 Å². The summed E-state index contributed by atoms with van der Waals surface area (Å²) >= 11 is 5.94. The van der Waals surface area contributed by atoms with Crippen molar-refractivity contribution in [3.05, 3.63) is 29.0 Å². The second-order valence-corrected chi connectivity index (χ2v) is 3.91. The lowest BCUT2D eigenvalue weighted by Crippen LogP contribution is -2.04. The van der Waals surface area contributed by atoms with Gasteiger partial charge in [0.2, 0.25) is 5.88 Å². The number of ether oxygens (including phenoxy) is 1. The summed E-state index contributed by atoms with van der Waals surface area (Å²) < 4.78 is 6.92. The molecule has 90 valence electrons. The first-order valence-corrected chi connectivity index (χ1v) is 5.61. The number of nitrogen functional groups attached to an aromatic ring is 1. The summed E-state index contributed by atoms with van der Waals surface area (Å²) in [4.78, 5) is 4.28. The second-order valence-electron chi connectivity index (χ2n) is 3.50. The Hall–Kier alpha value is -1.75. The van der Waals surface area contributed by atoms with E-state index in [1.54, 1.807) is 23.0 Å². The molecule has 2 N–H and O–H groups in total. The molecule has 0 radical (unpaired) electrons. The number of pyridine rings is 1. The van der Waals surface area contributed by atoms with Gasteiger partial charge in [-0.2, -0.15) is 10.1 Å². The molecule has 0 fully saturated rings. The average molecular weight is 253 g/mol. The van der Waals surface area contributed by atoms with Crippen molar-refractivity contribution < 1.29 is 4.74 Å². The summed E-state index contributed by atoms with van der Waals surface area (Å²) in [6, 6.07) is 3.50. The summed E-state index contributed by atoms with van der Waals surface area (Å²) in [5.41, 5.74) is 7.00. The van der Waals surface area contributed by atoms with E-state index in [0.29, 0.717) is 29.0 Å². The molecule has 2 aromatic rings. The van der Waals surface area contributed by atoms with Crippen LogP contribution in [0.2, 0.25) is 5.02 Å². The van der Waals surface area contributed by atoms with Crippen molar-refractivity contribution in [1.29, 1.82) is 0 Å². The molecule has 2 heterocycles. The maximum Gasteiger partial charge on any atom is 0.239 e. The fraction of sp³-hybridized carbons (Fsp3) is 0.273. The molecule has 0 aliphatic heterocycles. The van der Waals surface area contributed by atoms with E-state index in [1.807, 2.05) is 13.8 Å². The molecule has 17 heavy (non-hydrogen) atoms. The summed E-state index contributed by atoms with van der Waals surface area (Å²) in [6.45, 7) is 4.22. The summed E-state index contributed by atoms with van der Waals surface area (Å²) in [6.07, 6.45) is 1.70. The van der Waals surface area contributed by atoms with Crippen molar-refractivity contribution >= 4 is 17.3 Å². The number of aromatic nitrogens is 3. The number of nitrogens with zero attached hydrogens (tertiary/aromatic N) is 3. The van der Waals surface area contributed by atoms with Gasteiger partial charge in [0.1, 0.15) is 0 Å². The van der Waals surface area contributed by atoms with Crippen molar-refractivity contribution in [3.63, 3.8) is 0 Å². The van der Waals surface area contributed by atoms with E-state index >= 15 is 0 Å². The van der Waals surface area contributed by atoms with Crippen molar-refractivity contribution in [2.24, 2.45) is 0 Å². The van der Waals surface area contributed by atoms with Gasteiger partial charge in [0.25, 0.3) is 0 Å². The van der Waals surface area contributed by atoms with Gasteiger partial charge in [0.05, 0.1) is 29.2 Å². The highest BCUT2D eigenvalue weighted by molar-refractivity contribution is 6.31. The molecule has 0 unspecified atom stereocenters. The van der Waals surface area contributed by atoms with E-state index in [9.17, 15) is 0 Å². The summed E-state index contributed by atoms with van der Waals surface area (Å²) in [5, 5.41) is 4.84. The zero-order valence-electron chi connectivity index (χ0n) is 9.64. The van der Waals surface area contributed by atoms with Crippen LogP contribution < -0.4 is 10.5 Å². The Balaban J connectivity index is 2.42. The molecular formula is C11H13ClN4O. The van der Waals surface area contributed by atoms with Gasteiger partial charge in [-0.3, -0.25) is 0 Å². The molecule has 6 heteroatoms. The Morgan fingerprint density at radius 3 is 2.82 bits per heavy atom. The minimum atomic E-state index is 0.411. The fourth-order valence-corrected chi connectivity index (χ4v) is 1.51. The van der Waals surface area contributed by atoms with Crippen LogP contribution in [0, 0.1) is 6.92 Å². The molecular weight excluding hydrogens is 240 g/mol. The first kappa shape index (κ1) is 11.7. The standard InChI is InChI=1S/C11H13ClN4O/c1-3-17-11-9(13)4-5-10(14-11)16-6-8(12)7(2)15-16/h4-6H,3,13H2,1-2H3. The van der Waals surface area contributed by atoms with Gasteiger partial charge in [-0.05, 0) is 26.0 Å². The van der Waals surface area contributed by atoms with E-state index in [0.717, 1.165) is 5.69 Å². The monoisotopic (exact) mass is 252 g/mol. The Labute approximate surface area is 104 Å².